The Morgan fingerprint density at radius 1 is 1.88 bits per heavy atom. The first-order valence-corrected chi connectivity index (χ1v) is 2.77. The van der Waals surface area contributed by atoms with Crippen molar-refractivity contribution in [1.82, 2.24) is 4.90 Å². The highest BCUT2D eigenvalue weighted by Gasteiger charge is 2.25. The molecule has 8 heavy (non-hydrogen) atoms. The number of hydrogen-bond donors (Lipinski definition) is 1. The Morgan fingerprint density at radius 3 is 2.62 bits per heavy atom. The van der Waals surface area contributed by atoms with Crippen LogP contribution in [-0.4, -0.2) is 30.4 Å². The van der Waals surface area contributed by atoms with E-state index in [2.05, 4.69) is 5.73 Å². The van der Waals surface area contributed by atoms with Crippen molar-refractivity contribution in [3.63, 3.8) is 0 Å². The first-order valence-electron chi connectivity index (χ1n) is 2.77. The zero-order valence-corrected chi connectivity index (χ0v) is 5.05. The third-order valence-corrected chi connectivity index (χ3v) is 1.42. The first kappa shape index (κ1) is 5.56. The number of quaternary nitrogens is 1. The molecule has 0 aromatic heterocycles. The summed E-state index contributed by atoms with van der Waals surface area (Å²) >= 11 is 0. The van der Waals surface area contributed by atoms with E-state index in [0.29, 0.717) is 12.5 Å². The number of rotatable bonds is 0. The number of nitrogens with zero attached hydrogens (tertiary/aromatic N) is 1. The van der Waals surface area contributed by atoms with E-state index in [1.165, 1.54) is 0 Å². The molecule has 0 spiro atoms. The molecule has 0 radical (unpaired) electrons. The molecule has 3 nitrogen and oxygen atoms in total. The Hall–Kier alpha value is -0.570. The smallest absolute Gasteiger partial charge is 0.228 e. The lowest BCUT2D eigenvalue weighted by Crippen LogP contribution is -2.61. The summed E-state index contributed by atoms with van der Waals surface area (Å²) in [6.45, 7) is 0.832. The van der Waals surface area contributed by atoms with Crippen molar-refractivity contribution in [2.45, 2.75) is 12.5 Å². The Morgan fingerprint density at radius 2 is 2.50 bits per heavy atom. The molecule has 0 bridgehead atoms. The Bertz CT molecular complexity index is 113. The maximum atomic E-state index is 10.7. The molecule has 1 heterocycles. The van der Waals surface area contributed by atoms with Crippen molar-refractivity contribution in [3.05, 3.63) is 0 Å². The van der Waals surface area contributed by atoms with Crippen molar-refractivity contribution in [2.24, 2.45) is 0 Å². The lowest BCUT2D eigenvalue weighted by Gasteiger charge is -2.03. The van der Waals surface area contributed by atoms with Crippen LogP contribution < -0.4 is 5.73 Å². The molecule has 0 aliphatic carbocycles. The fourth-order valence-corrected chi connectivity index (χ4v) is 0.956. The van der Waals surface area contributed by atoms with Crippen LogP contribution in [0, 0.1) is 0 Å². The van der Waals surface area contributed by atoms with Crippen molar-refractivity contribution < 1.29 is 10.5 Å². The molecular formula is C5H11N2O+. The van der Waals surface area contributed by atoms with Crippen LogP contribution in [0.3, 0.4) is 0 Å². The topological polar surface area (TPSA) is 48.0 Å². The van der Waals surface area contributed by atoms with Gasteiger partial charge in [0.2, 0.25) is 5.91 Å². The quantitative estimate of drug-likeness (QED) is 0.408. The summed E-state index contributed by atoms with van der Waals surface area (Å²) in [5.41, 5.74) is 3.78. The fourth-order valence-electron chi connectivity index (χ4n) is 0.956. The van der Waals surface area contributed by atoms with Crippen LogP contribution in [0.15, 0.2) is 0 Å². The minimum absolute atomic E-state index is 0.227. The Labute approximate surface area is 48.5 Å². The van der Waals surface area contributed by atoms with Crippen LogP contribution in [0.5, 0.6) is 0 Å². The second-order valence-electron chi connectivity index (χ2n) is 2.34. The number of likely N-dealkylation sites (tertiary alicyclic amines) is 1. The van der Waals surface area contributed by atoms with Gasteiger partial charge in [0.1, 0.15) is 6.04 Å². The fraction of sp³-hybridized carbons (Fsp3) is 0.800. The van der Waals surface area contributed by atoms with Gasteiger partial charge in [0, 0.05) is 7.05 Å². The number of amides is 1. The van der Waals surface area contributed by atoms with Gasteiger partial charge < -0.3 is 10.6 Å². The number of carbonyl (C=O) groups is 1. The molecule has 0 saturated carbocycles. The maximum Gasteiger partial charge on any atom is 0.228 e. The van der Waals surface area contributed by atoms with Crippen LogP contribution in [0.4, 0.5) is 0 Å². The molecule has 46 valence electrons. The average Bonchev–Trinajstić information content (AvgIpc) is 1.85. The summed E-state index contributed by atoms with van der Waals surface area (Å²) in [6, 6.07) is 0.326. The van der Waals surface area contributed by atoms with Gasteiger partial charge in [0.25, 0.3) is 0 Å². The zero-order chi connectivity index (χ0) is 6.15. The molecule has 0 unspecified atom stereocenters. The lowest BCUT2D eigenvalue weighted by atomic mass is 10.3. The summed E-state index contributed by atoms with van der Waals surface area (Å²) in [4.78, 5) is 12.4. The molecule has 0 aromatic carbocycles. The number of likely N-dealkylation sites (N-methyl/N-ethyl adjacent to an activating group) is 1. The highest BCUT2D eigenvalue weighted by molar-refractivity contribution is 5.78. The molecule has 1 aliphatic heterocycles. The van der Waals surface area contributed by atoms with Crippen molar-refractivity contribution in [1.29, 1.82) is 0 Å². The predicted molar refractivity (Wildman–Crippen MR) is 28.9 cm³/mol. The molecule has 1 saturated heterocycles. The van der Waals surface area contributed by atoms with Crippen LogP contribution in [0.1, 0.15) is 6.42 Å². The van der Waals surface area contributed by atoms with Crippen molar-refractivity contribution in [3.8, 4) is 0 Å². The third kappa shape index (κ3) is 0.816. The minimum Gasteiger partial charge on any atom is -0.353 e. The van der Waals surface area contributed by atoms with E-state index in [0.717, 1.165) is 6.54 Å². The molecule has 3 N–H and O–H groups in total. The van der Waals surface area contributed by atoms with Gasteiger partial charge in [-0.15, -0.1) is 0 Å². The van der Waals surface area contributed by atoms with Gasteiger partial charge in [-0.2, -0.15) is 0 Å². The van der Waals surface area contributed by atoms with E-state index >= 15 is 0 Å². The Kier molecular flexibility index (Phi) is 1.21. The van der Waals surface area contributed by atoms with Gasteiger partial charge in [-0.25, -0.2) is 0 Å². The van der Waals surface area contributed by atoms with Crippen LogP contribution >= 0.6 is 0 Å². The summed E-state index contributed by atoms with van der Waals surface area (Å²) < 4.78 is 0. The van der Waals surface area contributed by atoms with Gasteiger partial charge in [-0.05, 0) is 0 Å². The van der Waals surface area contributed by atoms with Crippen molar-refractivity contribution >= 4 is 5.91 Å². The second-order valence-corrected chi connectivity index (χ2v) is 2.34. The first-order chi connectivity index (χ1) is 3.70. The normalized spacial score (nSPS) is 29.5. The number of hydrogen-bond acceptors (Lipinski definition) is 1. The molecule has 1 aliphatic rings. The molecule has 1 rings (SSSR count). The van der Waals surface area contributed by atoms with Gasteiger partial charge in [-0.1, -0.05) is 0 Å². The van der Waals surface area contributed by atoms with Gasteiger partial charge in [0.15, 0.2) is 0 Å². The molecule has 1 atom stereocenters. The molecule has 3 heteroatoms. The minimum atomic E-state index is 0.227. The van der Waals surface area contributed by atoms with Gasteiger partial charge in [0.05, 0.1) is 13.0 Å². The van der Waals surface area contributed by atoms with E-state index < -0.39 is 0 Å². The molecular weight excluding hydrogens is 104 g/mol. The second kappa shape index (κ2) is 1.74. The summed E-state index contributed by atoms with van der Waals surface area (Å²) in [5.74, 6) is 0.227. The Balaban J connectivity index is 2.51. The monoisotopic (exact) mass is 115 g/mol. The van der Waals surface area contributed by atoms with E-state index in [1.54, 1.807) is 4.90 Å². The predicted octanol–water partition coefficient (Wildman–Crippen LogP) is -1.54. The summed E-state index contributed by atoms with van der Waals surface area (Å²) in [5, 5.41) is 0. The van der Waals surface area contributed by atoms with E-state index in [1.807, 2.05) is 7.05 Å². The SMILES string of the molecule is CN1C[C@@H]([NH3+])CC1=O. The standard InChI is InChI=1S/C5H10N2O/c1-7-3-4(6)2-5(7)8/h4H,2-3,6H2,1H3/p+1/t4-/m0/s1. The highest BCUT2D eigenvalue weighted by Crippen LogP contribution is 2.02. The van der Waals surface area contributed by atoms with Crippen LogP contribution in [-0.2, 0) is 4.79 Å². The van der Waals surface area contributed by atoms with Crippen molar-refractivity contribution in [2.75, 3.05) is 13.6 Å². The van der Waals surface area contributed by atoms with Crippen LogP contribution in [0.2, 0.25) is 0 Å². The highest BCUT2D eigenvalue weighted by atomic mass is 16.2. The van der Waals surface area contributed by atoms with Crippen LogP contribution in [0.25, 0.3) is 0 Å². The van der Waals surface area contributed by atoms with E-state index in [9.17, 15) is 4.79 Å². The summed E-state index contributed by atoms with van der Waals surface area (Å²) in [6.07, 6.45) is 0.635. The third-order valence-electron chi connectivity index (χ3n) is 1.42. The lowest BCUT2D eigenvalue weighted by molar-refractivity contribution is -0.413. The maximum absolute atomic E-state index is 10.7. The molecule has 1 amide bonds. The van der Waals surface area contributed by atoms with E-state index in [-0.39, 0.29) is 5.91 Å². The van der Waals surface area contributed by atoms with Gasteiger partial charge >= 0.3 is 0 Å². The average molecular weight is 115 g/mol. The molecule has 0 aromatic rings. The summed E-state index contributed by atoms with van der Waals surface area (Å²) in [7, 11) is 1.81. The zero-order valence-electron chi connectivity index (χ0n) is 5.05. The number of carbonyl (C=O) groups excluding carboxylic acids is 1. The van der Waals surface area contributed by atoms with E-state index in [4.69, 9.17) is 0 Å². The molecule has 1 fully saturated rings. The van der Waals surface area contributed by atoms with Gasteiger partial charge in [-0.3, -0.25) is 4.79 Å². The largest absolute Gasteiger partial charge is 0.353 e.